The van der Waals surface area contributed by atoms with Crippen LogP contribution >= 0.6 is 0 Å². The number of hydrogen-bond acceptors (Lipinski definition) is 13. The Morgan fingerprint density at radius 3 is 1.04 bits per heavy atom. The Hall–Kier alpha value is -5.53. The number of carbonyl (C=O) groups is 8. The molecule has 3 unspecified atom stereocenters. The number of hydrogen-bond donors (Lipinski definition) is 1. The summed E-state index contributed by atoms with van der Waals surface area (Å²) in [5, 5.41) is 14.1. The Labute approximate surface area is 676 Å². The topological polar surface area (TPSA) is 263 Å². The molecule has 113 heavy (non-hydrogen) atoms. The Bertz CT molecular complexity index is 4040. The van der Waals surface area contributed by atoms with Crippen molar-refractivity contribution in [2.75, 3.05) is 0 Å². The van der Waals surface area contributed by atoms with Crippen molar-refractivity contribution in [2.45, 2.75) is 363 Å². The zero-order valence-electron chi connectivity index (χ0n) is 73.9. The van der Waals surface area contributed by atoms with Crippen LogP contribution in [0.15, 0.2) is 43.5 Å². The molecule has 15 rings (SSSR count). The lowest BCUT2D eigenvalue weighted by Gasteiger charge is -2.72. The second-order valence-electron chi connectivity index (χ2n) is 45.2. The van der Waals surface area contributed by atoms with Crippen LogP contribution in [0.3, 0.4) is 0 Å². The quantitative estimate of drug-likeness (QED) is 0.0429. The molecule has 1 N–H and O–H groups in total. The highest BCUT2D eigenvalue weighted by atomic mass is 16.6. The van der Waals surface area contributed by atoms with E-state index in [1.54, 1.807) is 0 Å². The fourth-order valence-electron chi connectivity index (χ4n) is 33.8. The van der Waals surface area contributed by atoms with E-state index < -0.39 is 28.2 Å². The molecular weight excluding hydrogens is 1420 g/mol. The third-order valence-electron chi connectivity index (χ3n) is 39.2. The Kier molecular flexibility index (Phi) is 21.2. The van der Waals surface area contributed by atoms with Gasteiger partial charge in [-0.2, -0.15) is 4.99 Å². The van der Waals surface area contributed by atoms with Crippen LogP contribution in [0.1, 0.15) is 340 Å². The van der Waals surface area contributed by atoms with Gasteiger partial charge >= 0.3 is 23.9 Å². The number of esters is 3. The molecule has 24 atom stereocenters. The van der Waals surface area contributed by atoms with Crippen molar-refractivity contribution in [1.82, 2.24) is 0 Å². The molecule has 12 saturated carbocycles. The van der Waals surface area contributed by atoms with Crippen LogP contribution in [0.4, 0.5) is 0 Å². The molecule has 0 aliphatic heterocycles. The first kappa shape index (κ1) is 85.4. The summed E-state index contributed by atoms with van der Waals surface area (Å²) >= 11 is 0. The third kappa shape index (κ3) is 11.8. The number of carbonyl (C=O) groups excluding carboxylic acids is 8. The van der Waals surface area contributed by atoms with Crippen molar-refractivity contribution < 1.29 is 62.5 Å². The molecule has 15 aliphatic carbocycles. The van der Waals surface area contributed by atoms with E-state index in [-0.39, 0.29) is 167 Å². The standard InChI is InChI=1S/C32H47N3O4.C32H47NO4.C32H48O5/c1-18(2)25-21(37)17-32(27(38)34-35-33)16-15-30(7)20(26(25)32)9-10-23-29(6)13-12-24(39-19(3)36)28(4,5)22(29)11-14-31(23,30)8;1-19(2)26-22(36)17-32(33-18-34)16-15-30(7)21(27(26)32)9-10-24-29(6)13-12-25(37-20(3)35)28(4,5)23(29)11-14-31(24,30)8;1-18(2)25-21(34)17-32(27(35)36)16-15-30(7)20(26(25)32)9-10-23-29(6)13-12-24(37-19(3)33)28(4,5)22(29)11-14-31(23,30)8/h18,20,22-24H,9-17H2,1-8H3;19,21,23-25H,9-17H2,1-8H3;18,20,22-24H,9-17H2,1-8H3,(H,35,36)/t20-,22+,23-,24?,29+,30-,31-,32-;21-,23+,24-,25?,29+,30-,31-,32-;20-,22+,23-,24?,29+,30-,31-,32-/m111/s1. The highest BCUT2D eigenvalue weighted by Gasteiger charge is 2.76. The number of carboxylic acids is 1. The zero-order valence-corrected chi connectivity index (χ0v) is 73.9. The van der Waals surface area contributed by atoms with Crippen molar-refractivity contribution in [3.8, 4) is 0 Å². The molecule has 0 aromatic rings. The summed E-state index contributed by atoms with van der Waals surface area (Å²) in [6.45, 7) is 53.5. The molecule has 17 nitrogen and oxygen atoms in total. The Morgan fingerprint density at radius 2 is 0.708 bits per heavy atom. The number of ether oxygens (including phenoxy) is 3. The van der Waals surface area contributed by atoms with E-state index in [0.717, 1.165) is 169 Å². The van der Waals surface area contributed by atoms with Gasteiger partial charge in [0.1, 0.15) is 23.9 Å². The average molecular weight is 1560 g/mol. The summed E-state index contributed by atoms with van der Waals surface area (Å²) in [6, 6.07) is 0. The minimum atomic E-state index is -0.991. The van der Waals surface area contributed by atoms with Gasteiger partial charge in [-0.05, 0) is 318 Å². The van der Waals surface area contributed by atoms with Gasteiger partial charge in [-0.1, -0.05) is 145 Å². The number of nitrogens with zero attached hydrogens (tertiary/aromatic N) is 4. The van der Waals surface area contributed by atoms with Gasteiger partial charge in [-0.15, -0.1) is 0 Å². The molecular formula is C96H142N4O13. The van der Waals surface area contributed by atoms with Crippen molar-refractivity contribution in [2.24, 2.45) is 157 Å². The monoisotopic (exact) mass is 1560 g/mol. The first-order valence-electron chi connectivity index (χ1n) is 44.6. The number of isocyanates is 1. The number of amides is 1. The molecule has 0 heterocycles. The molecule has 0 aromatic heterocycles. The van der Waals surface area contributed by atoms with Crippen molar-refractivity contribution in [3.63, 3.8) is 0 Å². The number of allylic oxidation sites excluding steroid dienone is 3. The van der Waals surface area contributed by atoms with E-state index in [1.807, 2.05) is 6.08 Å². The number of carboxylic acid groups (broad SMARTS) is 1. The molecule has 0 radical (unpaired) electrons. The predicted octanol–water partition coefficient (Wildman–Crippen LogP) is 21.7. The average Bonchev–Trinajstić information content (AvgIpc) is 1.67. The molecule has 1 amide bonds. The molecule has 17 heteroatoms. The number of Topliss-reactive ketones (excluding diaryl/α,β-unsaturated/α-hetero) is 3. The highest BCUT2D eigenvalue weighted by molar-refractivity contribution is 6.07. The minimum Gasteiger partial charge on any atom is -0.481 e. The largest absolute Gasteiger partial charge is 0.481 e. The van der Waals surface area contributed by atoms with Crippen molar-refractivity contribution in [1.29, 1.82) is 0 Å². The molecule has 0 spiro atoms. The third-order valence-corrected chi connectivity index (χ3v) is 39.2. The van der Waals surface area contributed by atoms with Gasteiger partial charge in [0.15, 0.2) is 17.3 Å². The summed E-state index contributed by atoms with van der Waals surface area (Å²) in [7, 11) is 0. The normalized spacial score (nSPS) is 45.8. The SMILES string of the molecule is CC(=O)OC1CC[C@]2(C)[C@H]3CC[C@@H]4C5=C(C(C)C)C(=O)C[C@]5(C(=O)N=[N+]=[N-])CC[C@@]4(C)[C@]3(C)CC[C@H]2C1(C)C.CC(=O)OC1CC[C@]2(C)[C@H]3CC[C@@H]4C5=C(C(C)C)C(=O)C[C@]5(C(=O)O)CC[C@@]4(C)[C@]3(C)CC[C@H]2C1(C)C.CC(=O)OC1CC[C@]2(C)[C@H]3CC[C@@H]4C5=C(C(C)C)C(=O)C[C@]5(N=C=O)CC[C@@]4(C)[C@]3(C)CC[C@H]2C1(C)C. The molecule has 0 bridgehead atoms. The van der Waals surface area contributed by atoms with Gasteiger partial charge in [0.05, 0.1) is 10.8 Å². The lowest BCUT2D eigenvalue weighted by molar-refractivity contribution is -0.233. The number of aliphatic imine (C=N–C) groups is 1. The van der Waals surface area contributed by atoms with E-state index in [4.69, 9.17) is 19.7 Å². The number of rotatable bonds is 9. The second kappa shape index (κ2) is 28.1. The molecule has 0 aromatic carbocycles. The second-order valence-corrected chi connectivity index (χ2v) is 45.2. The maximum absolute atomic E-state index is 13.5. The van der Waals surface area contributed by atoms with Gasteiger partial charge in [-0.25, -0.2) is 4.79 Å². The van der Waals surface area contributed by atoms with Crippen molar-refractivity contribution >= 4 is 53.2 Å². The summed E-state index contributed by atoms with van der Waals surface area (Å²) in [4.78, 5) is 121. The molecule has 12 fully saturated rings. The minimum absolute atomic E-state index is 0.0147. The molecule has 0 saturated heterocycles. The van der Waals surface area contributed by atoms with Gasteiger partial charge in [0, 0.05) is 61.2 Å². The fourth-order valence-corrected chi connectivity index (χ4v) is 33.8. The summed E-state index contributed by atoms with van der Waals surface area (Å²) < 4.78 is 17.6. The zero-order chi connectivity index (χ0) is 83.3. The summed E-state index contributed by atoms with van der Waals surface area (Å²) in [5.41, 5.74) is 12.9. The van der Waals surface area contributed by atoms with Gasteiger partial charge in [0.25, 0.3) is 0 Å². The van der Waals surface area contributed by atoms with Crippen LogP contribution in [0, 0.1) is 147 Å². The number of azide groups is 1. The van der Waals surface area contributed by atoms with Crippen LogP contribution in [0.5, 0.6) is 0 Å². The highest BCUT2D eigenvalue weighted by Crippen LogP contribution is 2.81. The van der Waals surface area contributed by atoms with Crippen LogP contribution in [0.25, 0.3) is 10.4 Å². The van der Waals surface area contributed by atoms with Gasteiger partial charge < -0.3 is 19.3 Å². The van der Waals surface area contributed by atoms with E-state index in [0.29, 0.717) is 54.8 Å². The maximum Gasteiger partial charge on any atom is 0.314 e. The van der Waals surface area contributed by atoms with E-state index >= 15 is 0 Å². The van der Waals surface area contributed by atoms with Crippen LogP contribution in [-0.2, 0) is 57.4 Å². The van der Waals surface area contributed by atoms with E-state index in [2.05, 4.69) is 160 Å². The lowest BCUT2D eigenvalue weighted by Crippen LogP contribution is -2.66. The van der Waals surface area contributed by atoms with Crippen LogP contribution in [-0.4, -0.2) is 82.2 Å². The molecule has 15 aliphatic rings. The number of fused-ring (bicyclic) bond motifs is 21. The van der Waals surface area contributed by atoms with Crippen molar-refractivity contribution in [3.05, 3.63) is 43.9 Å². The fraction of sp³-hybridized carbons (Fsp3) is 0.844. The Morgan fingerprint density at radius 1 is 0.398 bits per heavy atom. The first-order chi connectivity index (χ1) is 52.3. The first-order valence-corrected chi connectivity index (χ1v) is 44.6. The van der Waals surface area contributed by atoms with Gasteiger partial charge in [-0.3, -0.25) is 38.4 Å². The van der Waals surface area contributed by atoms with Crippen LogP contribution < -0.4 is 0 Å². The van der Waals surface area contributed by atoms with E-state index in [1.165, 1.54) is 26.3 Å². The van der Waals surface area contributed by atoms with Crippen LogP contribution in [0.2, 0.25) is 0 Å². The Balaban J connectivity index is 0.000000148. The van der Waals surface area contributed by atoms with E-state index in [9.17, 15) is 48.3 Å². The smallest absolute Gasteiger partial charge is 0.314 e. The number of aliphatic carboxylic acids is 1. The molecule has 624 valence electrons. The maximum atomic E-state index is 13.5. The summed E-state index contributed by atoms with van der Waals surface area (Å²) in [5.74, 6) is 2.47. The summed E-state index contributed by atoms with van der Waals surface area (Å²) in [6.07, 6.45) is 26.0. The predicted molar refractivity (Wildman–Crippen MR) is 435 cm³/mol. The van der Waals surface area contributed by atoms with Gasteiger partial charge in [0.2, 0.25) is 12.0 Å². The number of ketones is 3. The lowest BCUT2D eigenvalue weighted by atomic mass is 9.33.